The molecule has 282 valence electrons. The van der Waals surface area contributed by atoms with Gasteiger partial charge in [-0.2, -0.15) is 0 Å². The van der Waals surface area contributed by atoms with Crippen LogP contribution in [0.1, 0.15) is 102 Å². The van der Waals surface area contributed by atoms with Gasteiger partial charge in [-0.3, -0.25) is 9.59 Å². The highest BCUT2D eigenvalue weighted by molar-refractivity contribution is 5.98. The fourth-order valence-corrected chi connectivity index (χ4v) is 7.47. The zero-order chi connectivity index (χ0) is 37.6. The largest absolute Gasteiger partial charge is 0.507 e. The highest BCUT2D eigenvalue weighted by Crippen LogP contribution is 2.50. The fourth-order valence-electron chi connectivity index (χ4n) is 7.47. The number of carbonyl (C=O) groups is 3. The molecule has 0 fully saturated rings. The van der Waals surface area contributed by atoms with E-state index in [0.29, 0.717) is 73.6 Å². The standard InChI is InChI=1S/C41H48N2O10/c1-24-9-8-12-27(44)11-7-5-6-10-26-19-33(45)36(37(47)35(26)41(48)53-24)30(25-13-15-28(49-3)16-14-25)20-34(46)42-21-31-29-17-18-43(2)22-32(29)38(50-4)40-39(31)51-23-52-40/h6,10,13-16,19,24,30,45,47H,5,7-9,11-12,17-18,20-23H2,1-4H3,(H,42,46). The van der Waals surface area contributed by atoms with Crippen LogP contribution in [0.5, 0.6) is 34.5 Å². The number of ketones is 1. The van der Waals surface area contributed by atoms with Crippen molar-refractivity contribution in [3.05, 3.63) is 75.4 Å². The maximum atomic E-state index is 14.0. The molecule has 53 heavy (non-hydrogen) atoms. The molecule has 3 heterocycles. The topological polar surface area (TPSA) is 153 Å². The molecule has 0 bridgehead atoms. The number of Topliss-reactive ketones (excluding diaryl/α,β-unsaturated/α-hetero) is 1. The Labute approximate surface area is 309 Å². The third-order valence-electron chi connectivity index (χ3n) is 10.2. The lowest BCUT2D eigenvalue weighted by molar-refractivity contribution is -0.121. The number of amides is 1. The molecular formula is C41H48N2O10. The maximum Gasteiger partial charge on any atom is 0.342 e. The van der Waals surface area contributed by atoms with Crippen LogP contribution in [0.4, 0.5) is 0 Å². The van der Waals surface area contributed by atoms with Crippen LogP contribution in [-0.4, -0.2) is 73.5 Å². The number of methoxy groups -OCH3 is 2. The average molecular weight is 729 g/mol. The molecule has 1 amide bonds. The third-order valence-corrected chi connectivity index (χ3v) is 10.2. The van der Waals surface area contributed by atoms with Gasteiger partial charge in [0.2, 0.25) is 18.4 Å². The first-order chi connectivity index (χ1) is 25.6. The number of nitrogens with one attached hydrogen (secondary N) is 1. The number of carbonyl (C=O) groups excluding carboxylic acids is 3. The summed E-state index contributed by atoms with van der Waals surface area (Å²) in [6.45, 7) is 3.42. The first-order valence-corrected chi connectivity index (χ1v) is 18.2. The molecule has 0 saturated carbocycles. The molecule has 0 aromatic heterocycles. The normalized spacial score (nSPS) is 18.3. The van der Waals surface area contributed by atoms with E-state index in [-0.39, 0.29) is 53.9 Å². The van der Waals surface area contributed by atoms with Gasteiger partial charge >= 0.3 is 5.97 Å². The molecule has 3 aliphatic rings. The van der Waals surface area contributed by atoms with Gasteiger partial charge in [0.15, 0.2) is 11.5 Å². The molecule has 3 aromatic carbocycles. The molecule has 3 aromatic rings. The second-order valence-electron chi connectivity index (χ2n) is 13.9. The van der Waals surface area contributed by atoms with Crippen LogP contribution >= 0.6 is 0 Å². The lowest BCUT2D eigenvalue weighted by Gasteiger charge is -2.29. The molecule has 0 spiro atoms. The van der Waals surface area contributed by atoms with Gasteiger partial charge in [-0.15, -0.1) is 0 Å². The van der Waals surface area contributed by atoms with Gasteiger partial charge < -0.3 is 44.1 Å². The summed E-state index contributed by atoms with van der Waals surface area (Å²) < 4.78 is 28.6. The van der Waals surface area contributed by atoms with Crippen molar-refractivity contribution in [2.24, 2.45) is 0 Å². The van der Waals surface area contributed by atoms with Gasteiger partial charge in [-0.25, -0.2) is 4.79 Å². The van der Waals surface area contributed by atoms with Crippen LogP contribution in [0.25, 0.3) is 6.08 Å². The van der Waals surface area contributed by atoms with E-state index in [2.05, 4.69) is 10.2 Å². The van der Waals surface area contributed by atoms with E-state index < -0.39 is 23.7 Å². The molecule has 0 aliphatic carbocycles. The van der Waals surface area contributed by atoms with Crippen LogP contribution in [0.3, 0.4) is 0 Å². The summed E-state index contributed by atoms with van der Waals surface area (Å²) in [6.07, 6.45) is 6.64. The SMILES string of the molecule is COc1ccc(C(CC(=O)NCc2c3c(c(OC)c4c2OCO4)CN(C)CC3)c2c(O)cc3c(c2O)C(=O)OC(C)CCCC(=O)CCCC=C3)cc1. The number of allylic oxidation sites excluding steroid dienone is 1. The zero-order valence-corrected chi connectivity index (χ0v) is 30.8. The van der Waals surface area contributed by atoms with Crippen LogP contribution in [0.2, 0.25) is 0 Å². The molecular weight excluding hydrogens is 680 g/mol. The number of ether oxygens (including phenoxy) is 5. The number of benzene rings is 3. The van der Waals surface area contributed by atoms with Gasteiger partial charge in [0.05, 0.1) is 20.3 Å². The predicted octanol–water partition coefficient (Wildman–Crippen LogP) is 6.15. The van der Waals surface area contributed by atoms with Crippen LogP contribution in [0, 0.1) is 0 Å². The van der Waals surface area contributed by atoms with E-state index in [1.165, 1.54) is 6.07 Å². The molecule has 12 nitrogen and oxygen atoms in total. The summed E-state index contributed by atoms with van der Waals surface area (Å²) in [6, 6.07) is 8.41. The van der Waals surface area contributed by atoms with E-state index >= 15 is 0 Å². The van der Waals surface area contributed by atoms with Crippen molar-refractivity contribution in [1.82, 2.24) is 10.2 Å². The van der Waals surface area contributed by atoms with Gasteiger partial charge in [-0.05, 0) is 81.0 Å². The summed E-state index contributed by atoms with van der Waals surface area (Å²) in [7, 11) is 5.19. The smallest absolute Gasteiger partial charge is 0.342 e. The first-order valence-electron chi connectivity index (χ1n) is 18.2. The van der Waals surface area contributed by atoms with Gasteiger partial charge in [0.25, 0.3) is 0 Å². The number of phenols is 2. The summed E-state index contributed by atoms with van der Waals surface area (Å²) in [5, 5.41) is 26.5. The zero-order valence-electron chi connectivity index (χ0n) is 30.8. The third kappa shape index (κ3) is 8.22. The fraction of sp³-hybridized carbons (Fsp3) is 0.439. The van der Waals surface area contributed by atoms with Gasteiger partial charge in [0.1, 0.15) is 28.6 Å². The van der Waals surface area contributed by atoms with Crippen molar-refractivity contribution in [2.75, 3.05) is 34.6 Å². The lowest BCUT2D eigenvalue weighted by atomic mass is 9.84. The van der Waals surface area contributed by atoms with Crippen LogP contribution < -0.4 is 24.3 Å². The quantitative estimate of drug-likeness (QED) is 0.229. The Kier molecular flexibility index (Phi) is 11.8. The minimum Gasteiger partial charge on any atom is -0.507 e. The molecule has 12 heteroatoms. The number of hydrogen-bond donors (Lipinski definition) is 3. The number of fused-ring (bicyclic) bond motifs is 3. The number of cyclic esters (lactones) is 1. The Morgan fingerprint density at radius 3 is 2.53 bits per heavy atom. The van der Waals surface area contributed by atoms with Crippen LogP contribution in [-0.2, 0) is 33.8 Å². The molecule has 2 atom stereocenters. The van der Waals surface area contributed by atoms with Crippen molar-refractivity contribution in [3.8, 4) is 34.5 Å². The Bertz CT molecular complexity index is 1890. The number of phenolic OH excluding ortho intramolecular Hbond substituents is 2. The number of nitrogens with zero attached hydrogens (tertiary/aromatic N) is 1. The number of esters is 1. The van der Waals surface area contributed by atoms with Gasteiger partial charge in [-0.1, -0.05) is 24.3 Å². The Hall–Kier alpha value is -5.23. The van der Waals surface area contributed by atoms with Crippen molar-refractivity contribution in [2.45, 2.75) is 83.4 Å². The van der Waals surface area contributed by atoms with E-state index in [1.807, 2.05) is 13.1 Å². The Morgan fingerprint density at radius 1 is 1.02 bits per heavy atom. The monoisotopic (exact) mass is 728 g/mol. The first kappa shape index (κ1) is 37.5. The van der Waals surface area contributed by atoms with Gasteiger partial charge in [0, 0.05) is 61.5 Å². The molecule has 3 N–H and O–H groups in total. The Morgan fingerprint density at radius 2 is 1.77 bits per heavy atom. The minimum atomic E-state index is -0.872. The molecule has 0 saturated heterocycles. The predicted molar refractivity (Wildman–Crippen MR) is 197 cm³/mol. The van der Waals surface area contributed by atoms with E-state index in [4.69, 9.17) is 23.7 Å². The highest BCUT2D eigenvalue weighted by Gasteiger charge is 2.34. The van der Waals surface area contributed by atoms with Crippen molar-refractivity contribution in [3.63, 3.8) is 0 Å². The number of aromatic hydroxyl groups is 2. The highest BCUT2D eigenvalue weighted by atomic mass is 16.7. The lowest BCUT2D eigenvalue weighted by Crippen LogP contribution is -2.30. The number of likely N-dealkylation sites (N-methyl/N-ethyl adjacent to an activating group) is 1. The van der Waals surface area contributed by atoms with Crippen molar-refractivity contribution < 1.29 is 48.3 Å². The van der Waals surface area contributed by atoms with Crippen molar-refractivity contribution >= 4 is 23.7 Å². The van der Waals surface area contributed by atoms with E-state index in [1.54, 1.807) is 51.5 Å². The number of hydrogen-bond acceptors (Lipinski definition) is 11. The van der Waals surface area contributed by atoms with Crippen molar-refractivity contribution in [1.29, 1.82) is 0 Å². The summed E-state index contributed by atoms with van der Waals surface area (Å²) >= 11 is 0. The molecule has 0 radical (unpaired) electrons. The summed E-state index contributed by atoms with van der Waals surface area (Å²) in [4.78, 5) is 42.1. The minimum absolute atomic E-state index is 0.0243. The second kappa shape index (κ2) is 16.6. The Balaban J connectivity index is 1.35. The average Bonchev–Trinajstić information content (AvgIpc) is 3.62. The summed E-state index contributed by atoms with van der Waals surface area (Å²) in [5.74, 6) is -0.276. The molecule has 6 rings (SSSR count). The molecule has 2 unspecified atom stereocenters. The molecule has 3 aliphatic heterocycles. The van der Waals surface area contributed by atoms with E-state index in [0.717, 1.165) is 29.7 Å². The number of rotatable bonds is 8. The van der Waals surface area contributed by atoms with E-state index in [9.17, 15) is 24.6 Å². The van der Waals surface area contributed by atoms with Crippen LogP contribution in [0.15, 0.2) is 36.4 Å². The maximum absolute atomic E-state index is 14.0. The second-order valence-corrected chi connectivity index (χ2v) is 13.9. The summed E-state index contributed by atoms with van der Waals surface area (Å²) in [5.41, 5.74) is 3.66.